The van der Waals surface area contributed by atoms with Gasteiger partial charge in [0.05, 0.1) is 19.6 Å². The molecule has 1 aromatic carbocycles. The summed E-state index contributed by atoms with van der Waals surface area (Å²) in [6.07, 6.45) is 5.74. The van der Waals surface area contributed by atoms with Gasteiger partial charge < -0.3 is 15.0 Å². The highest BCUT2D eigenvalue weighted by Gasteiger charge is 2.33. The second kappa shape index (κ2) is 9.96. The molecule has 152 valence electrons. The van der Waals surface area contributed by atoms with Crippen LogP contribution in [0.5, 0.6) is 5.75 Å². The van der Waals surface area contributed by atoms with Crippen LogP contribution in [0.25, 0.3) is 0 Å². The van der Waals surface area contributed by atoms with Crippen LogP contribution in [0.4, 0.5) is 0 Å². The zero-order valence-electron chi connectivity index (χ0n) is 16.3. The summed E-state index contributed by atoms with van der Waals surface area (Å²) < 4.78 is 5.40. The molecule has 1 saturated heterocycles. The maximum atomic E-state index is 13.1. The van der Waals surface area contributed by atoms with Gasteiger partial charge in [-0.15, -0.1) is 0 Å². The third-order valence-electron chi connectivity index (χ3n) is 5.38. The number of amides is 2. The second-order valence-electron chi connectivity index (χ2n) is 7.49. The molecule has 0 radical (unpaired) electrons. The fourth-order valence-electron chi connectivity index (χ4n) is 3.87. The van der Waals surface area contributed by atoms with Crippen molar-refractivity contribution in [2.24, 2.45) is 5.92 Å². The highest BCUT2D eigenvalue weighted by Crippen LogP contribution is 2.28. The molecule has 2 fully saturated rings. The van der Waals surface area contributed by atoms with E-state index >= 15 is 0 Å². The smallest absolute Gasteiger partial charge is 0.239 e. The monoisotopic (exact) mass is 404 g/mol. The van der Waals surface area contributed by atoms with Crippen molar-refractivity contribution in [3.63, 3.8) is 0 Å². The van der Waals surface area contributed by atoms with Crippen molar-refractivity contribution in [1.82, 2.24) is 10.2 Å². The van der Waals surface area contributed by atoms with E-state index in [1.54, 1.807) is 12.0 Å². The fourth-order valence-corrected chi connectivity index (χ4v) is 4.84. The van der Waals surface area contributed by atoms with Gasteiger partial charge in [0.15, 0.2) is 5.12 Å². The molecule has 6 nitrogen and oxygen atoms in total. The van der Waals surface area contributed by atoms with E-state index in [-0.39, 0.29) is 48.4 Å². The van der Waals surface area contributed by atoms with Gasteiger partial charge in [0, 0.05) is 30.3 Å². The molecule has 1 heterocycles. The van der Waals surface area contributed by atoms with Crippen molar-refractivity contribution in [2.75, 3.05) is 19.4 Å². The van der Waals surface area contributed by atoms with E-state index in [1.165, 1.54) is 18.2 Å². The molecule has 0 unspecified atom stereocenters. The van der Waals surface area contributed by atoms with Crippen LogP contribution in [0.15, 0.2) is 24.3 Å². The van der Waals surface area contributed by atoms with Crippen LogP contribution in [0, 0.1) is 5.92 Å². The molecule has 1 aromatic rings. The first-order valence-corrected chi connectivity index (χ1v) is 10.9. The third-order valence-corrected chi connectivity index (χ3v) is 6.44. The van der Waals surface area contributed by atoms with Gasteiger partial charge in [0.25, 0.3) is 0 Å². The number of hydrogen-bond donors (Lipinski definition) is 1. The van der Waals surface area contributed by atoms with Gasteiger partial charge in [-0.1, -0.05) is 49.2 Å². The SMILES string of the molecule is COc1ccccc1CN(CC(=O)NC1CCCCC1)C(=O)[C@@H]1CSC(=O)C1. The lowest BCUT2D eigenvalue weighted by atomic mass is 9.95. The maximum absolute atomic E-state index is 13.1. The lowest BCUT2D eigenvalue weighted by Gasteiger charge is -2.28. The van der Waals surface area contributed by atoms with Gasteiger partial charge in [-0.3, -0.25) is 14.4 Å². The predicted molar refractivity (Wildman–Crippen MR) is 109 cm³/mol. The van der Waals surface area contributed by atoms with Gasteiger partial charge >= 0.3 is 0 Å². The Balaban J connectivity index is 1.70. The number of hydrogen-bond acceptors (Lipinski definition) is 5. The number of benzene rings is 1. The molecule has 1 N–H and O–H groups in total. The number of rotatable bonds is 7. The molecule has 7 heteroatoms. The van der Waals surface area contributed by atoms with Gasteiger partial charge in [0.1, 0.15) is 5.75 Å². The average molecular weight is 405 g/mol. The van der Waals surface area contributed by atoms with E-state index in [0.29, 0.717) is 11.5 Å². The van der Waals surface area contributed by atoms with Crippen LogP contribution in [-0.4, -0.2) is 47.3 Å². The van der Waals surface area contributed by atoms with E-state index in [1.807, 2.05) is 24.3 Å². The van der Waals surface area contributed by atoms with Gasteiger partial charge in [-0.2, -0.15) is 0 Å². The maximum Gasteiger partial charge on any atom is 0.239 e. The molecular formula is C21H28N2O4S. The summed E-state index contributed by atoms with van der Waals surface area (Å²) in [5.74, 6) is 0.555. The summed E-state index contributed by atoms with van der Waals surface area (Å²) in [7, 11) is 1.59. The van der Waals surface area contributed by atoms with Crippen molar-refractivity contribution in [3.05, 3.63) is 29.8 Å². The van der Waals surface area contributed by atoms with Gasteiger partial charge in [0.2, 0.25) is 11.8 Å². The van der Waals surface area contributed by atoms with Crippen LogP contribution in [0.1, 0.15) is 44.1 Å². The van der Waals surface area contributed by atoms with Gasteiger partial charge in [-0.05, 0) is 18.9 Å². The van der Waals surface area contributed by atoms with E-state index in [0.717, 1.165) is 31.2 Å². The largest absolute Gasteiger partial charge is 0.496 e. The van der Waals surface area contributed by atoms with Crippen molar-refractivity contribution in [1.29, 1.82) is 0 Å². The summed E-state index contributed by atoms with van der Waals surface area (Å²) in [6.45, 7) is 0.291. The van der Waals surface area contributed by atoms with Crippen molar-refractivity contribution in [2.45, 2.75) is 51.1 Å². The Labute approximate surface area is 170 Å². The van der Waals surface area contributed by atoms with E-state index in [9.17, 15) is 14.4 Å². The Morgan fingerprint density at radius 2 is 1.96 bits per heavy atom. The van der Waals surface area contributed by atoms with Crippen molar-refractivity contribution >= 4 is 28.7 Å². The van der Waals surface area contributed by atoms with Crippen LogP contribution < -0.4 is 10.1 Å². The first-order chi connectivity index (χ1) is 13.6. The second-order valence-corrected chi connectivity index (χ2v) is 8.57. The minimum atomic E-state index is -0.352. The standard InChI is InChI=1S/C21H28N2O4S/c1-27-18-10-6-5-7-15(18)12-23(21(26)16-11-20(25)28-14-16)13-19(24)22-17-8-3-2-4-9-17/h5-7,10,16-17H,2-4,8-9,11-14H2,1H3,(H,22,24)/t16-/m0/s1. The van der Waals surface area contributed by atoms with Gasteiger partial charge in [-0.25, -0.2) is 0 Å². The van der Waals surface area contributed by atoms with E-state index < -0.39 is 0 Å². The predicted octanol–water partition coefficient (Wildman–Crippen LogP) is 2.75. The molecule has 0 spiro atoms. The average Bonchev–Trinajstić information content (AvgIpc) is 3.14. The number of thioether (sulfide) groups is 1. The van der Waals surface area contributed by atoms with Crippen LogP contribution in [0.2, 0.25) is 0 Å². The topological polar surface area (TPSA) is 75.7 Å². The third kappa shape index (κ3) is 5.50. The number of ether oxygens (including phenoxy) is 1. The first kappa shape index (κ1) is 20.7. The highest BCUT2D eigenvalue weighted by atomic mass is 32.2. The minimum absolute atomic E-state index is 0.00272. The number of methoxy groups -OCH3 is 1. The molecule has 28 heavy (non-hydrogen) atoms. The molecule has 2 amide bonds. The Hall–Kier alpha value is -2.02. The zero-order chi connectivity index (χ0) is 19.9. The lowest BCUT2D eigenvalue weighted by Crippen LogP contribution is -2.46. The van der Waals surface area contributed by atoms with Crippen molar-refractivity contribution < 1.29 is 19.1 Å². The summed E-state index contributed by atoms with van der Waals surface area (Å²) in [5.41, 5.74) is 0.848. The van der Waals surface area contributed by atoms with Crippen molar-refractivity contribution in [3.8, 4) is 5.75 Å². The first-order valence-electron chi connectivity index (χ1n) is 9.92. The molecule has 1 atom stereocenters. The summed E-state index contributed by atoms with van der Waals surface area (Å²) >= 11 is 1.20. The fraction of sp³-hybridized carbons (Fsp3) is 0.571. The quantitative estimate of drug-likeness (QED) is 0.756. The molecule has 1 aliphatic heterocycles. The minimum Gasteiger partial charge on any atom is -0.496 e. The molecule has 1 aliphatic carbocycles. The highest BCUT2D eigenvalue weighted by molar-refractivity contribution is 8.14. The number of nitrogens with one attached hydrogen (secondary N) is 1. The number of carbonyl (C=O) groups is 3. The molecule has 1 saturated carbocycles. The van der Waals surface area contributed by atoms with E-state index in [2.05, 4.69) is 5.32 Å². The Morgan fingerprint density at radius 1 is 1.21 bits per heavy atom. The summed E-state index contributed by atoms with van der Waals surface area (Å²) in [4.78, 5) is 38.9. The van der Waals surface area contributed by atoms with Crippen LogP contribution in [-0.2, 0) is 20.9 Å². The molecule has 2 aliphatic rings. The molecule has 0 bridgehead atoms. The number of para-hydroxylation sites is 1. The van der Waals surface area contributed by atoms with Crippen LogP contribution in [0.3, 0.4) is 0 Å². The van der Waals surface area contributed by atoms with E-state index in [4.69, 9.17) is 4.74 Å². The summed E-state index contributed by atoms with van der Waals surface area (Å²) in [6, 6.07) is 7.70. The molecule has 3 rings (SSSR count). The Kier molecular flexibility index (Phi) is 7.36. The molecule has 0 aromatic heterocycles. The number of carbonyl (C=O) groups excluding carboxylic acids is 3. The molecular weight excluding hydrogens is 376 g/mol. The zero-order valence-corrected chi connectivity index (χ0v) is 17.1. The Bertz CT molecular complexity index is 718. The Morgan fingerprint density at radius 3 is 2.64 bits per heavy atom. The lowest BCUT2D eigenvalue weighted by molar-refractivity contribution is -0.140. The van der Waals surface area contributed by atoms with Crippen LogP contribution >= 0.6 is 11.8 Å². The number of nitrogens with zero attached hydrogens (tertiary/aromatic N) is 1. The summed E-state index contributed by atoms with van der Waals surface area (Å²) in [5, 5.41) is 3.13. The normalized spacial score (nSPS) is 20.0.